The molecule has 3 unspecified atom stereocenters. The van der Waals surface area contributed by atoms with E-state index in [1.54, 1.807) is 13.8 Å². The molecular weight excluding hydrogens is 338 g/mol. The van der Waals surface area contributed by atoms with Crippen molar-refractivity contribution in [3.8, 4) is 0 Å². The van der Waals surface area contributed by atoms with E-state index >= 15 is 0 Å². The van der Waals surface area contributed by atoms with Gasteiger partial charge in [0.05, 0.1) is 12.5 Å². The van der Waals surface area contributed by atoms with E-state index in [0.717, 1.165) is 0 Å². The van der Waals surface area contributed by atoms with E-state index < -0.39 is 66.6 Å². The van der Waals surface area contributed by atoms with Crippen LogP contribution in [0.1, 0.15) is 33.1 Å². The van der Waals surface area contributed by atoms with Gasteiger partial charge in [0.25, 0.3) is 0 Å². The highest BCUT2D eigenvalue weighted by Gasteiger charge is 2.30. The van der Waals surface area contributed by atoms with Gasteiger partial charge in [-0.25, -0.2) is 4.79 Å². The molecule has 0 bridgehead atoms. The van der Waals surface area contributed by atoms with Crippen LogP contribution >= 0.6 is 0 Å². The summed E-state index contributed by atoms with van der Waals surface area (Å²) in [5, 5.41) is 30.8. The van der Waals surface area contributed by atoms with Gasteiger partial charge in [0.1, 0.15) is 12.1 Å². The molecule has 0 heterocycles. The summed E-state index contributed by atoms with van der Waals surface area (Å²) >= 11 is 0. The quantitative estimate of drug-likeness (QED) is 0.250. The fourth-order valence-electron chi connectivity index (χ4n) is 1.86. The van der Waals surface area contributed by atoms with Crippen molar-refractivity contribution in [1.29, 1.82) is 0 Å². The lowest BCUT2D eigenvalue weighted by Crippen LogP contribution is -2.55. The molecule has 0 spiro atoms. The van der Waals surface area contributed by atoms with Crippen molar-refractivity contribution in [3.05, 3.63) is 0 Å². The Morgan fingerprint density at radius 3 is 1.88 bits per heavy atom. The maximum absolute atomic E-state index is 12.2. The Morgan fingerprint density at radius 2 is 1.48 bits per heavy atom. The first-order valence-electron chi connectivity index (χ1n) is 7.48. The Labute approximate surface area is 143 Å². The van der Waals surface area contributed by atoms with E-state index in [-0.39, 0.29) is 6.42 Å². The summed E-state index contributed by atoms with van der Waals surface area (Å²) in [5.41, 5.74) is 5.39. The molecule has 0 aromatic rings. The molecule has 0 saturated heterocycles. The van der Waals surface area contributed by atoms with Crippen molar-refractivity contribution in [2.75, 3.05) is 0 Å². The minimum atomic E-state index is -1.43. The number of amides is 2. The van der Waals surface area contributed by atoms with Gasteiger partial charge in [0.15, 0.2) is 0 Å². The molecule has 7 N–H and O–H groups in total. The predicted octanol–water partition coefficient (Wildman–Crippen LogP) is -1.64. The Hall–Kier alpha value is -2.69. The van der Waals surface area contributed by atoms with Crippen molar-refractivity contribution in [3.63, 3.8) is 0 Å². The van der Waals surface area contributed by atoms with Crippen molar-refractivity contribution in [2.24, 2.45) is 11.7 Å². The second kappa shape index (κ2) is 10.2. The van der Waals surface area contributed by atoms with Gasteiger partial charge in [0, 0.05) is 6.42 Å². The third-order valence-electron chi connectivity index (χ3n) is 3.24. The Kier molecular flexibility index (Phi) is 9.13. The van der Waals surface area contributed by atoms with Crippen molar-refractivity contribution in [2.45, 2.75) is 51.2 Å². The zero-order valence-electron chi connectivity index (χ0n) is 13.9. The van der Waals surface area contributed by atoms with Gasteiger partial charge in [-0.05, 0) is 12.3 Å². The maximum Gasteiger partial charge on any atom is 0.326 e. The average molecular weight is 361 g/mol. The molecule has 11 nitrogen and oxygen atoms in total. The SMILES string of the molecule is CC(C)C(NC(=O)C(CCC(=O)O)NC(=O)C(N)CC(=O)O)C(=O)O. The second-order valence-electron chi connectivity index (χ2n) is 5.77. The first-order chi connectivity index (χ1) is 11.5. The third kappa shape index (κ3) is 8.65. The fourth-order valence-corrected chi connectivity index (χ4v) is 1.86. The standard InChI is InChI=1S/C14H23N3O8/c1-6(2)11(14(24)25)17-13(23)8(3-4-9(18)19)16-12(22)7(15)5-10(20)21/h6-8,11H,3-5,15H2,1-2H3,(H,16,22)(H,17,23)(H,18,19)(H,20,21)(H,24,25). The highest BCUT2D eigenvalue weighted by Crippen LogP contribution is 2.05. The van der Waals surface area contributed by atoms with Gasteiger partial charge in [-0.2, -0.15) is 0 Å². The van der Waals surface area contributed by atoms with Crippen LogP contribution in [0.5, 0.6) is 0 Å². The van der Waals surface area contributed by atoms with Crippen LogP contribution in [0.2, 0.25) is 0 Å². The number of carbonyl (C=O) groups excluding carboxylic acids is 2. The molecule has 0 aromatic heterocycles. The van der Waals surface area contributed by atoms with Crippen LogP contribution in [-0.4, -0.2) is 63.2 Å². The molecular formula is C14H23N3O8. The molecule has 11 heteroatoms. The van der Waals surface area contributed by atoms with E-state index in [4.69, 9.17) is 21.1 Å². The van der Waals surface area contributed by atoms with Crippen molar-refractivity contribution in [1.82, 2.24) is 10.6 Å². The summed E-state index contributed by atoms with van der Waals surface area (Å²) in [6.45, 7) is 3.12. The number of carboxylic acid groups (broad SMARTS) is 3. The van der Waals surface area contributed by atoms with Gasteiger partial charge in [-0.15, -0.1) is 0 Å². The van der Waals surface area contributed by atoms with Gasteiger partial charge in [0.2, 0.25) is 11.8 Å². The zero-order chi connectivity index (χ0) is 19.7. The van der Waals surface area contributed by atoms with E-state index in [1.807, 2.05) is 0 Å². The third-order valence-corrected chi connectivity index (χ3v) is 3.24. The molecule has 0 aromatic carbocycles. The number of hydrogen-bond acceptors (Lipinski definition) is 6. The lowest BCUT2D eigenvalue weighted by Gasteiger charge is -2.23. The molecule has 0 fully saturated rings. The number of hydrogen-bond donors (Lipinski definition) is 6. The fraction of sp³-hybridized carbons (Fsp3) is 0.643. The topological polar surface area (TPSA) is 196 Å². The Bertz CT molecular complexity index is 534. The molecule has 2 amide bonds. The molecule has 3 atom stereocenters. The van der Waals surface area contributed by atoms with Gasteiger partial charge in [-0.1, -0.05) is 13.8 Å². The predicted molar refractivity (Wildman–Crippen MR) is 83.4 cm³/mol. The lowest BCUT2D eigenvalue weighted by molar-refractivity contribution is -0.144. The smallest absolute Gasteiger partial charge is 0.326 e. The molecule has 0 radical (unpaired) electrons. The van der Waals surface area contributed by atoms with Gasteiger partial charge < -0.3 is 31.7 Å². The average Bonchev–Trinajstić information content (AvgIpc) is 2.46. The molecule has 142 valence electrons. The molecule has 0 rings (SSSR count). The maximum atomic E-state index is 12.2. The minimum Gasteiger partial charge on any atom is -0.481 e. The molecule has 25 heavy (non-hydrogen) atoms. The number of nitrogens with two attached hydrogens (primary N) is 1. The summed E-state index contributed by atoms with van der Waals surface area (Å²) in [5.74, 6) is -6.12. The van der Waals surface area contributed by atoms with Crippen LogP contribution in [0.25, 0.3) is 0 Å². The number of aliphatic carboxylic acids is 3. The number of carbonyl (C=O) groups is 5. The normalized spacial score (nSPS) is 14.2. The highest BCUT2D eigenvalue weighted by molar-refractivity contribution is 5.93. The van der Waals surface area contributed by atoms with Gasteiger partial charge in [-0.3, -0.25) is 19.2 Å². The first kappa shape index (κ1) is 22.3. The van der Waals surface area contributed by atoms with Crippen LogP contribution in [0.15, 0.2) is 0 Å². The first-order valence-corrected chi connectivity index (χ1v) is 7.48. The van der Waals surface area contributed by atoms with E-state index in [9.17, 15) is 24.0 Å². The van der Waals surface area contributed by atoms with E-state index in [1.165, 1.54) is 0 Å². The summed E-state index contributed by atoms with van der Waals surface area (Å²) in [7, 11) is 0. The Balaban J connectivity index is 5.10. The van der Waals surface area contributed by atoms with E-state index in [2.05, 4.69) is 10.6 Å². The summed E-state index contributed by atoms with van der Waals surface area (Å²) < 4.78 is 0. The van der Waals surface area contributed by atoms with Crippen LogP contribution in [-0.2, 0) is 24.0 Å². The van der Waals surface area contributed by atoms with Crippen molar-refractivity contribution < 1.29 is 39.3 Å². The molecule has 0 aliphatic carbocycles. The lowest BCUT2D eigenvalue weighted by atomic mass is 10.0. The summed E-state index contributed by atoms with van der Waals surface area (Å²) in [6, 6.07) is -4.02. The minimum absolute atomic E-state index is 0.308. The Morgan fingerprint density at radius 1 is 0.920 bits per heavy atom. The molecule has 0 aliphatic rings. The number of nitrogens with one attached hydrogen (secondary N) is 2. The largest absolute Gasteiger partial charge is 0.481 e. The van der Waals surface area contributed by atoms with Gasteiger partial charge >= 0.3 is 17.9 Å². The zero-order valence-corrected chi connectivity index (χ0v) is 13.9. The van der Waals surface area contributed by atoms with Crippen LogP contribution < -0.4 is 16.4 Å². The number of rotatable bonds is 11. The van der Waals surface area contributed by atoms with Crippen LogP contribution in [0.3, 0.4) is 0 Å². The summed E-state index contributed by atoms with van der Waals surface area (Å²) in [6.07, 6.45) is -1.45. The second-order valence-corrected chi connectivity index (χ2v) is 5.77. The highest BCUT2D eigenvalue weighted by atomic mass is 16.4. The summed E-state index contributed by atoms with van der Waals surface area (Å²) in [4.78, 5) is 56.5. The molecule has 0 saturated carbocycles. The number of carboxylic acids is 3. The van der Waals surface area contributed by atoms with Crippen LogP contribution in [0.4, 0.5) is 0 Å². The molecule has 0 aliphatic heterocycles. The van der Waals surface area contributed by atoms with Crippen molar-refractivity contribution >= 4 is 29.7 Å². The monoisotopic (exact) mass is 361 g/mol. The van der Waals surface area contributed by atoms with Crippen LogP contribution in [0, 0.1) is 5.92 Å². The van der Waals surface area contributed by atoms with E-state index in [0.29, 0.717) is 0 Å².